The first kappa shape index (κ1) is 11.3. The predicted molar refractivity (Wildman–Crippen MR) is 55.2 cm³/mol. The fraction of sp³-hybridized carbons (Fsp3) is 0.667. The Labute approximate surface area is 76.7 Å². The largest absolute Gasteiger partial charge is 0.0785 e. The first-order chi connectivity index (χ1) is 5.91. The van der Waals surface area contributed by atoms with Crippen LogP contribution in [0.3, 0.4) is 0 Å². The topological polar surface area (TPSA) is 0 Å². The van der Waals surface area contributed by atoms with Crippen LogP contribution >= 0.6 is 0 Å². The fourth-order valence-corrected chi connectivity index (χ4v) is 1.17. The highest BCUT2D eigenvalue weighted by Gasteiger charge is 1.87. The van der Waals surface area contributed by atoms with Gasteiger partial charge in [0.15, 0.2) is 0 Å². The molecular weight excluding hydrogens is 144 g/mol. The van der Waals surface area contributed by atoms with E-state index in [1.807, 2.05) is 6.08 Å². The van der Waals surface area contributed by atoms with E-state index in [1.54, 1.807) is 0 Å². The van der Waals surface area contributed by atoms with Crippen LogP contribution in [-0.4, -0.2) is 0 Å². The zero-order chi connectivity index (χ0) is 9.07. The maximum Gasteiger partial charge on any atom is -0.0268 e. The van der Waals surface area contributed by atoms with Crippen LogP contribution in [0.2, 0.25) is 0 Å². The number of hydrogen-bond donors (Lipinski definition) is 0. The summed E-state index contributed by atoms with van der Waals surface area (Å²) in [6, 6.07) is 0. The van der Waals surface area contributed by atoms with Gasteiger partial charge in [-0.15, -0.1) is 0 Å². The highest BCUT2D eigenvalue weighted by atomic mass is 13.9. The lowest BCUT2D eigenvalue weighted by Gasteiger charge is -1.96. The molecule has 0 bridgehead atoms. The summed E-state index contributed by atoms with van der Waals surface area (Å²) in [7, 11) is 0. The minimum absolute atomic E-state index is 1.13. The van der Waals surface area contributed by atoms with Crippen molar-refractivity contribution in [1.29, 1.82) is 0 Å². The van der Waals surface area contributed by atoms with Gasteiger partial charge in [0, 0.05) is 0 Å². The van der Waals surface area contributed by atoms with Gasteiger partial charge in [0.1, 0.15) is 0 Å². The molecule has 0 heteroatoms. The number of rotatable bonds is 7. The monoisotopic (exact) mass is 164 g/mol. The summed E-state index contributed by atoms with van der Waals surface area (Å²) >= 11 is 0. The molecule has 0 N–H and O–H groups in total. The molecule has 0 nitrogen and oxygen atoms in total. The molecule has 0 aromatic rings. The molecule has 0 amide bonds. The fourth-order valence-electron chi connectivity index (χ4n) is 1.17. The zero-order valence-corrected chi connectivity index (χ0v) is 8.23. The van der Waals surface area contributed by atoms with Crippen LogP contribution in [0.15, 0.2) is 24.1 Å². The Hall–Kier alpha value is -0.700. The van der Waals surface area contributed by atoms with Crippen molar-refractivity contribution in [2.45, 2.75) is 51.9 Å². The molecule has 0 aromatic heterocycles. The molecule has 0 fully saturated rings. The molecule has 68 valence electrons. The summed E-state index contributed by atoms with van der Waals surface area (Å²) in [6.45, 7) is 5.70. The van der Waals surface area contributed by atoms with Gasteiger partial charge in [0.05, 0.1) is 0 Å². The van der Waals surface area contributed by atoms with Gasteiger partial charge in [-0.2, -0.15) is 0 Å². The van der Waals surface area contributed by atoms with Gasteiger partial charge < -0.3 is 0 Å². The van der Waals surface area contributed by atoms with E-state index in [2.05, 4.69) is 25.0 Å². The van der Waals surface area contributed by atoms with E-state index in [1.165, 1.54) is 38.5 Å². The summed E-state index contributed by atoms with van der Waals surface area (Å²) in [4.78, 5) is 0. The first-order valence-electron chi connectivity index (χ1n) is 5.01. The molecule has 12 heavy (non-hydrogen) atoms. The maximum absolute atomic E-state index is 3.45. The molecule has 0 radical (unpaired) electrons. The average Bonchev–Trinajstić information content (AvgIpc) is 2.10. The van der Waals surface area contributed by atoms with E-state index in [0.717, 1.165) is 6.42 Å². The quantitative estimate of drug-likeness (QED) is 0.390. The average molecular weight is 164 g/mol. The number of unbranched alkanes of at least 4 members (excludes halogenated alkanes) is 6. The summed E-state index contributed by atoms with van der Waals surface area (Å²) in [5.41, 5.74) is 5.49. The lowest BCUT2D eigenvalue weighted by molar-refractivity contribution is 0.611. The maximum atomic E-state index is 3.45. The number of hydrogen-bond acceptors (Lipinski definition) is 0. The zero-order valence-electron chi connectivity index (χ0n) is 8.23. The van der Waals surface area contributed by atoms with Crippen molar-refractivity contribution in [2.24, 2.45) is 0 Å². The van der Waals surface area contributed by atoms with Crippen molar-refractivity contribution in [3.05, 3.63) is 24.1 Å². The van der Waals surface area contributed by atoms with Crippen LogP contribution in [0.1, 0.15) is 51.9 Å². The second kappa shape index (κ2) is 10.3. The van der Waals surface area contributed by atoms with Crippen LogP contribution in [-0.2, 0) is 0 Å². The molecule has 0 saturated heterocycles. The molecular formula is C12H20. The van der Waals surface area contributed by atoms with E-state index in [0.29, 0.717) is 0 Å². The van der Waals surface area contributed by atoms with E-state index in [4.69, 9.17) is 0 Å². The summed E-state index contributed by atoms with van der Waals surface area (Å²) in [5, 5.41) is 0. The van der Waals surface area contributed by atoms with Gasteiger partial charge in [0.25, 0.3) is 0 Å². The Bertz CT molecular complexity index is 155. The standard InChI is InChI=1S/C12H20/c1-3-5-7-9-11-12-10-8-6-4-2/h7H,1,4,6,8-12H2,2H3. The minimum atomic E-state index is 1.13. The molecule has 0 aliphatic carbocycles. The van der Waals surface area contributed by atoms with Gasteiger partial charge >= 0.3 is 0 Å². The van der Waals surface area contributed by atoms with Gasteiger partial charge in [-0.25, -0.2) is 0 Å². The van der Waals surface area contributed by atoms with Crippen LogP contribution < -0.4 is 0 Å². The Morgan fingerprint density at radius 1 is 1.08 bits per heavy atom. The van der Waals surface area contributed by atoms with Crippen molar-refractivity contribution in [3.63, 3.8) is 0 Å². The molecule has 0 aliphatic heterocycles. The second-order valence-electron chi connectivity index (χ2n) is 3.08. The normalized spacial score (nSPS) is 8.75. The lowest BCUT2D eigenvalue weighted by Crippen LogP contribution is -1.76. The van der Waals surface area contributed by atoms with Crippen molar-refractivity contribution in [1.82, 2.24) is 0 Å². The van der Waals surface area contributed by atoms with Crippen LogP contribution in [0.25, 0.3) is 0 Å². The van der Waals surface area contributed by atoms with E-state index in [-0.39, 0.29) is 0 Å². The van der Waals surface area contributed by atoms with E-state index in [9.17, 15) is 0 Å². The molecule has 0 atom stereocenters. The molecule has 0 heterocycles. The Balaban J connectivity index is 3.00. The molecule has 0 saturated carbocycles. The third kappa shape index (κ3) is 9.30. The van der Waals surface area contributed by atoms with Gasteiger partial charge in [0.2, 0.25) is 0 Å². The van der Waals surface area contributed by atoms with Crippen LogP contribution in [0, 0.1) is 0 Å². The van der Waals surface area contributed by atoms with Crippen molar-refractivity contribution < 1.29 is 0 Å². The minimum Gasteiger partial charge on any atom is -0.0785 e. The molecule has 0 unspecified atom stereocenters. The second-order valence-corrected chi connectivity index (χ2v) is 3.08. The summed E-state index contributed by atoms with van der Waals surface area (Å²) < 4.78 is 0. The third-order valence-corrected chi connectivity index (χ3v) is 1.91. The lowest BCUT2D eigenvalue weighted by atomic mass is 10.1. The highest BCUT2D eigenvalue weighted by molar-refractivity contribution is 4.80. The summed E-state index contributed by atoms with van der Waals surface area (Å²) in [6.07, 6.45) is 11.3. The summed E-state index contributed by atoms with van der Waals surface area (Å²) in [5.74, 6) is 0. The van der Waals surface area contributed by atoms with Crippen LogP contribution in [0.4, 0.5) is 0 Å². The van der Waals surface area contributed by atoms with Gasteiger partial charge in [-0.05, 0) is 25.5 Å². The molecule has 0 spiro atoms. The van der Waals surface area contributed by atoms with E-state index >= 15 is 0 Å². The molecule has 0 aromatic carbocycles. The van der Waals surface area contributed by atoms with E-state index < -0.39 is 0 Å². The predicted octanol–water partition coefficient (Wildman–Crippen LogP) is 4.23. The van der Waals surface area contributed by atoms with Crippen molar-refractivity contribution in [3.8, 4) is 0 Å². The molecule has 0 aliphatic rings. The van der Waals surface area contributed by atoms with Crippen LogP contribution in [0.5, 0.6) is 0 Å². The Morgan fingerprint density at radius 3 is 2.42 bits per heavy atom. The Kier molecular flexibility index (Phi) is 9.70. The van der Waals surface area contributed by atoms with Crippen molar-refractivity contribution in [2.75, 3.05) is 0 Å². The van der Waals surface area contributed by atoms with Gasteiger partial charge in [-0.1, -0.05) is 50.5 Å². The van der Waals surface area contributed by atoms with Crippen molar-refractivity contribution >= 4 is 0 Å². The van der Waals surface area contributed by atoms with Gasteiger partial charge in [-0.3, -0.25) is 0 Å². The number of allylic oxidation sites excluding steroid dienone is 1. The highest BCUT2D eigenvalue weighted by Crippen LogP contribution is 2.06. The molecule has 0 rings (SSSR count). The smallest absolute Gasteiger partial charge is 0.0268 e. The Morgan fingerprint density at radius 2 is 1.75 bits per heavy atom. The first-order valence-corrected chi connectivity index (χ1v) is 5.01. The third-order valence-electron chi connectivity index (χ3n) is 1.91. The SMILES string of the molecule is C=C=C=CCCCCCCCC.